The van der Waals surface area contributed by atoms with Gasteiger partial charge in [-0.15, -0.1) is 0 Å². The quantitative estimate of drug-likeness (QED) is 0.678. The molecule has 0 bridgehead atoms. The lowest BCUT2D eigenvalue weighted by molar-refractivity contribution is 0.0308. The van der Waals surface area contributed by atoms with Crippen LogP contribution in [0.15, 0.2) is 31.0 Å². The zero-order valence-electron chi connectivity index (χ0n) is 16.4. The Labute approximate surface area is 169 Å². The number of aromatic amines is 1. The molecule has 29 heavy (non-hydrogen) atoms. The molecule has 3 aromatic rings. The highest BCUT2D eigenvalue weighted by molar-refractivity contribution is 7.89. The predicted molar refractivity (Wildman–Crippen MR) is 110 cm³/mol. The monoisotopic (exact) mass is 415 g/mol. The van der Waals surface area contributed by atoms with E-state index in [4.69, 9.17) is 0 Å². The van der Waals surface area contributed by atoms with E-state index in [0.29, 0.717) is 25.2 Å². The van der Waals surface area contributed by atoms with Crippen molar-refractivity contribution in [3.8, 4) is 11.3 Å². The van der Waals surface area contributed by atoms with Crippen molar-refractivity contribution in [2.45, 2.75) is 31.8 Å². The van der Waals surface area contributed by atoms with Crippen LogP contribution >= 0.6 is 0 Å². The number of hydrogen-bond donors (Lipinski definition) is 1. The maximum absolute atomic E-state index is 12.0. The van der Waals surface area contributed by atoms with Gasteiger partial charge in [0.2, 0.25) is 10.0 Å². The summed E-state index contributed by atoms with van der Waals surface area (Å²) in [5.74, 6) is 0.187. The molecule has 0 atom stereocenters. The van der Waals surface area contributed by atoms with Crippen LogP contribution in [0.4, 0.5) is 0 Å². The molecule has 2 aliphatic rings. The Bertz CT molecular complexity index is 1110. The third-order valence-electron chi connectivity index (χ3n) is 6.19. The predicted octanol–water partition coefficient (Wildman–Crippen LogP) is 1.49. The fourth-order valence-electron chi connectivity index (χ4n) is 4.38. The van der Waals surface area contributed by atoms with Gasteiger partial charge >= 0.3 is 0 Å². The highest BCUT2D eigenvalue weighted by Gasteiger charge is 2.37. The second-order valence-corrected chi connectivity index (χ2v) is 10.1. The Balaban J connectivity index is 1.21. The van der Waals surface area contributed by atoms with Crippen molar-refractivity contribution in [3.63, 3.8) is 0 Å². The number of aromatic nitrogens is 5. The number of sulfonamides is 1. The highest BCUT2D eigenvalue weighted by Crippen LogP contribution is 2.30. The summed E-state index contributed by atoms with van der Waals surface area (Å²) in [6, 6.07) is 2.80. The summed E-state index contributed by atoms with van der Waals surface area (Å²) in [5.41, 5.74) is 2.71. The summed E-state index contributed by atoms with van der Waals surface area (Å²) < 4.78 is 27.7. The third-order valence-corrected chi connectivity index (χ3v) is 8.07. The third kappa shape index (κ3) is 3.34. The van der Waals surface area contributed by atoms with Crippen LogP contribution in [0, 0.1) is 0 Å². The van der Waals surface area contributed by atoms with E-state index < -0.39 is 10.0 Å². The number of H-pyrrole nitrogens is 1. The SMILES string of the molecule is CCS(=O)(=O)N1CCC(N2CC(n3cc(-c4ncnc5[nH]ccc45)cn3)C2)CC1. The molecule has 0 aromatic carbocycles. The zero-order valence-corrected chi connectivity index (χ0v) is 17.2. The Morgan fingerprint density at radius 1 is 1.17 bits per heavy atom. The van der Waals surface area contributed by atoms with Gasteiger partial charge in [0, 0.05) is 55.6 Å². The van der Waals surface area contributed by atoms with E-state index in [9.17, 15) is 8.42 Å². The molecule has 2 fully saturated rings. The molecule has 0 unspecified atom stereocenters. The first-order chi connectivity index (χ1) is 14.0. The largest absolute Gasteiger partial charge is 0.346 e. The topological polar surface area (TPSA) is 100 Å². The van der Waals surface area contributed by atoms with Crippen LogP contribution in [0.1, 0.15) is 25.8 Å². The molecule has 154 valence electrons. The summed E-state index contributed by atoms with van der Waals surface area (Å²) in [7, 11) is -3.06. The molecule has 2 aliphatic heterocycles. The van der Waals surface area contributed by atoms with Crippen molar-refractivity contribution in [3.05, 3.63) is 31.0 Å². The van der Waals surface area contributed by atoms with E-state index in [2.05, 4.69) is 31.1 Å². The van der Waals surface area contributed by atoms with Crippen molar-refractivity contribution >= 4 is 21.1 Å². The minimum Gasteiger partial charge on any atom is -0.346 e. The second kappa shape index (κ2) is 7.19. The number of nitrogens with one attached hydrogen (secondary N) is 1. The summed E-state index contributed by atoms with van der Waals surface area (Å²) in [6.45, 7) is 4.89. The molecule has 10 heteroatoms. The van der Waals surface area contributed by atoms with E-state index in [1.54, 1.807) is 17.6 Å². The zero-order chi connectivity index (χ0) is 20.0. The van der Waals surface area contributed by atoms with Crippen molar-refractivity contribution in [2.75, 3.05) is 31.9 Å². The minimum atomic E-state index is -3.06. The lowest BCUT2D eigenvalue weighted by Gasteiger charge is -2.46. The minimum absolute atomic E-state index is 0.187. The summed E-state index contributed by atoms with van der Waals surface area (Å²) in [4.78, 5) is 14.3. The van der Waals surface area contributed by atoms with Crippen molar-refractivity contribution in [1.82, 2.24) is 33.9 Å². The Hall–Kier alpha value is -2.30. The number of hydrogen-bond acceptors (Lipinski definition) is 6. The van der Waals surface area contributed by atoms with Crippen LogP contribution in [0.5, 0.6) is 0 Å². The van der Waals surface area contributed by atoms with Crippen molar-refractivity contribution in [2.24, 2.45) is 0 Å². The molecular weight excluding hydrogens is 390 g/mol. The van der Waals surface area contributed by atoms with E-state index >= 15 is 0 Å². The normalized spacial score (nSPS) is 20.3. The molecule has 0 saturated carbocycles. The molecule has 9 nitrogen and oxygen atoms in total. The highest BCUT2D eigenvalue weighted by atomic mass is 32.2. The van der Waals surface area contributed by atoms with E-state index in [1.165, 1.54) is 0 Å². The van der Waals surface area contributed by atoms with E-state index in [-0.39, 0.29) is 5.75 Å². The number of fused-ring (bicyclic) bond motifs is 1. The van der Waals surface area contributed by atoms with Crippen LogP contribution in [0.2, 0.25) is 0 Å². The average molecular weight is 416 g/mol. The van der Waals surface area contributed by atoms with Crippen LogP contribution in [-0.4, -0.2) is 80.3 Å². The molecule has 0 amide bonds. The van der Waals surface area contributed by atoms with Crippen molar-refractivity contribution < 1.29 is 8.42 Å². The lowest BCUT2D eigenvalue weighted by Crippen LogP contribution is -2.56. The van der Waals surface area contributed by atoms with Gasteiger partial charge < -0.3 is 4.98 Å². The maximum Gasteiger partial charge on any atom is 0.213 e. The fourth-order valence-corrected chi connectivity index (χ4v) is 5.52. The average Bonchev–Trinajstić information content (AvgIpc) is 3.37. The van der Waals surface area contributed by atoms with Gasteiger partial charge in [-0.05, 0) is 25.8 Å². The molecule has 3 aromatic heterocycles. The summed E-state index contributed by atoms with van der Waals surface area (Å²) in [6.07, 6.45) is 9.18. The van der Waals surface area contributed by atoms with E-state index in [0.717, 1.165) is 48.2 Å². The van der Waals surface area contributed by atoms with Crippen LogP contribution < -0.4 is 0 Å². The molecular formula is C19H25N7O2S. The standard InChI is InChI=1S/C19H25N7O2S/c1-2-29(27,28)25-7-4-15(5-8-25)24-11-16(12-24)26-10-14(9-23-26)18-17-3-6-20-19(17)22-13-21-18/h3,6,9-10,13,15-16H,2,4-5,7-8,11-12H2,1H3,(H,20,21,22). The molecule has 1 N–H and O–H groups in total. The number of rotatable bonds is 5. The van der Waals surface area contributed by atoms with Gasteiger partial charge in [-0.3, -0.25) is 9.58 Å². The molecule has 5 rings (SSSR count). The summed E-state index contributed by atoms with van der Waals surface area (Å²) in [5, 5.41) is 5.57. The van der Waals surface area contributed by atoms with E-state index in [1.807, 2.05) is 23.1 Å². The van der Waals surface area contributed by atoms with Gasteiger partial charge in [0.15, 0.2) is 0 Å². The van der Waals surface area contributed by atoms with Crippen LogP contribution in [0.3, 0.4) is 0 Å². The number of nitrogens with zero attached hydrogens (tertiary/aromatic N) is 6. The molecule has 5 heterocycles. The molecule has 0 spiro atoms. The molecule has 0 radical (unpaired) electrons. The maximum atomic E-state index is 12.0. The lowest BCUT2D eigenvalue weighted by atomic mass is 9.98. The molecule has 2 saturated heterocycles. The Morgan fingerprint density at radius 2 is 1.97 bits per heavy atom. The smallest absolute Gasteiger partial charge is 0.213 e. The number of piperidine rings is 1. The van der Waals surface area contributed by atoms with Crippen molar-refractivity contribution in [1.29, 1.82) is 0 Å². The van der Waals surface area contributed by atoms with Crippen LogP contribution in [-0.2, 0) is 10.0 Å². The Kier molecular flexibility index (Phi) is 4.64. The first-order valence-electron chi connectivity index (χ1n) is 10.1. The van der Waals surface area contributed by atoms with Crippen LogP contribution in [0.25, 0.3) is 22.3 Å². The first kappa shape index (κ1) is 18.7. The second-order valence-electron chi connectivity index (χ2n) is 7.81. The van der Waals surface area contributed by atoms with Gasteiger partial charge in [-0.2, -0.15) is 5.10 Å². The van der Waals surface area contributed by atoms with Gasteiger partial charge in [-0.25, -0.2) is 22.7 Å². The van der Waals surface area contributed by atoms with Gasteiger partial charge in [-0.1, -0.05) is 0 Å². The fraction of sp³-hybridized carbons (Fsp3) is 0.526. The Morgan fingerprint density at radius 3 is 2.72 bits per heavy atom. The van der Waals surface area contributed by atoms with Gasteiger partial charge in [0.05, 0.1) is 23.7 Å². The summed E-state index contributed by atoms with van der Waals surface area (Å²) >= 11 is 0. The first-order valence-corrected chi connectivity index (χ1v) is 11.7. The van der Waals surface area contributed by atoms with Gasteiger partial charge in [0.1, 0.15) is 12.0 Å². The number of likely N-dealkylation sites (tertiary alicyclic amines) is 1. The molecule has 0 aliphatic carbocycles. The van der Waals surface area contributed by atoms with Gasteiger partial charge in [0.25, 0.3) is 0 Å².